The summed E-state index contributed by atoms with van der Waals surface area (Å²) in [5.41, 5.74) is 3.25. The molecular formula is C15H16N4O. The average molecular weight is 268 g/mol. The number of nitrogens with one attached hydrogen (secondary N) is 1. The van der Waals surface area contributed by atoms with Crippen molar-refractivity contribution in [2.24, 2.45) is 0 Å². The van der Waals surface area contributed by atoms with Crippen molar-refractivity contribution in [3.05, 3.63) is 35.0 Å². The van der Waals surface area contributed by atoms with E-state index >= 15 is 0 Å². The molecule has 5 heteroatoms. The first-order chi connectivity index (χ1) is 9.58. The summed E-state index contributed by atoms with van der Waals surface area (Å²) in [5, 5.41) is 12.0. The highest BCUT2D eigenvalue weighted by Crippen LogP contribution is 2.32. The lowest BCUT2D eigenvalue weighted by Crippen LogP contribution is -2.01. The molecule has 102 valence electrons. The molecule has 0 spiro atoms. The Kier molecular flexibility index (Phi) is 3.85. The zero-order valence-corrected chi connectivity index (χ0v) is 12.0. The molecule has 2 aromatic rings. The van der Waals surface area contributed by atoms with E-state index in [0.717, 1.165) is 16.7 Å². The van der Waals surface area contributed by atoms with Crippen LogP contribution in [0.1, 0.15) is 16.8 Å². The number of aromatic nitrogens is 2. The Bertz CT molecular complexity index is 689. The first-order valence-electron chi connectivity index (χ1n) is 6.21. The molecule has 1 heterocycles. The highest BCUT2D eigenvalue weighted by atomic mass is 16.5. The van der Waals surface area contributed by atoms with Crippen LogP contribution in [0.15, 0.2) is 18.2 Å². The molecule has 0 saturated heterocycles. The molecule has 0 atom stereocenters. The third-order valence-corrected chi connectivity index (χ3v) is 2.98. The van der Waals surface area contributed by atoms with E-state index in [0.29, 0.717) is 23.1 Å². The van der Waals surface area contributed by atoms with Crippen LogP contribution in [0.3, 0.4) is 0 Å². The van der Waals surface area contributed by atoms with Crippen LogP contribution in [0.25, 0.3) is 11.4 Å². The van der Waals surface area contributed by atoms with Crippen LogP contribution in [0, 0.1) is 25.2 Å². The standard InChI is InChI=1S/C15H16N4O/c1-9-5-10(2)14(12(6-9)20-4)15-18-11(8-16)7-13(17-3)19-15/h5-7H,1-4H3,(H,17,18,19). The normalized spacial score (nSPS) is 9.95. The van der Waals surface area contributed by atoms with Crippen LogP contribution < -0.4 is 10.1 Å². The van der Waals surface area contributed by atoms with Gasteiger partial charge in [0.1, 0.15) is 23.3 Å². The van der Waals surface area contributed by atoms with Crippen LogP contribution in [-0.4, -0.2) is 24.1 Å². The molecule has 0 amide bonds. The first-order valence-corrected chi connectivity index (χ1v) is 6.21. The van der Waals surface area contributed by atoms with Gasteiger partial charge in [-0.25, -0.2) is 9.97 Å². The number of benzene rings is 1. The molecule has 1 aromatic heterocycles. The van der Waals surface area contributed by atoms with E-state index in [4.69, 9.17) is 10.00 Å². The van der Waals surface area contributed by atoms with Gasteiger partial charge in [0.2, 0.25) is 0 Å². The molecule has 0 bridgehead atoms. The maximum absolute atomic E-state index is 9.07. The lowest BCUT2D eigenvalue weighted by Gasteiger charge is -2.13. The second kappa shape index (κ2) is 5.57. The van der Waals surface area contributed by atoms with Crippen LogP contribution in [0.4, 0.5) is 5.82 Å². The van der Waals surface area contributed by atoms with Gasteiger partial charge >= 0.3 is 0 Å². The van der Waals surface area contributed by atoms with Crippen molar-refractivity contribution in [2.45, 2.75) is 13.8 Å². The van der Waals surface area contributed by atoms with Gasteiger partial charge in [-0.15, -0.1) is 0 Å². The maximum Gasteiger partial charge on any atom is 0.166 e. The van der Waals surface area contributed by atoms with Crippen LogP contribution in [-0.2, 0) is 0 Å². The average Bonchev–Trinajstić information content (AvgIpc) is 2.45. The van der Waals surface area contributed by atoms with Crippen molar-refractivity contribution >= 4 is 5.82 Å². The zero-order valence-electron chi connectivity index (χ0n) is 12.0. The second-order valence-corrected chi connectivity index (χ2v) is 4.48. The summed E-state index contributed by atoms with van der Waals surface area (Å²) < 4.78 is 5.43. The van der Waals surface area contributed by atoms with Crippen LogP contribution in [0.2, 0.25) is 0 Å². The summed E-state index contributed by atoms with van der Waals surface area (Å²) in [7, 11) is 3.37. The Morgan fingerprint density at radius 3 is 2.55 bits per heavy atom. The minimum absolute atomic E-state index is 0.321. The predicted octanol–water partition coefficient (Wildman–Crippen LogP) is 2.68. The van der Waals surface area contributed by atoms with Crippen molar-refractivity contribution < 1.29 is 4.74 Å². The van der Waals surface area contributed by atoms with E-state index in [-0.39, 0.29) is 0 Å². The summed E-state index contributed by atoms with van der Waals surface area (Å²) in [4.78, 5) is 8.69. The van der Waals surface area contributed by atoms with Gasteiger partial charge in [-0.05, 0) is 31.0 Å². The number of methoxy groups -OCH3 is 1. The molecule has 0 aliphatic heterocycles. The Hall–Kier alpha value is -2.61. The van der Waals surface area contributed by atoms with Crippen molar-refractivity contribution in [1.29, 1.82) is 5.26 Å². The molecular weight excluding hydrogens is 252 g/mol. The fraction of sp³-hybridized carbons (Fsp3) is 0.267. The molecule has 1 aromatic carbocycles. The quantitative estimate of drug-likeness (QED) is 0.926. The Labute approximate surface area is 118 Å². The largest absolute Gasteiger partial charge is 0.496 e. The molecule has 0 fully saturated rings. The van der Waals surface area contributed by atoms with E-state index in [1.165, 1.54) is 0 Å². The molecule has 0 aliphatic carbocycles. The number of ether oxygens (including phenoxy) is 1. The third-order valence-electron chi connectivity index (χ3n) is 2.98. The highest BCUT2D eigenvalue weighted by Gasteiger charge is 2.14. The molecule has 20 heavy (non-hydrogen) atoms. The zero-order chi connectivity index (χ0) is 14.7. The fourth-order valence-corrected chi connectivity index (χ4v) is 2.12. The van der Waals surface area contributed by atoms with Gasteiger partial charge in [0.15, 0.2) is 5.82 Å². The SMILES string of the molecule is CNc1cc(C#N)nc(-c2c(C)cc(C)cc2OC)n1. The van der Waals surface area contributed by atoms with Gasteiger partial charge in [-0.3, -0.25) is 0 Å². The highest BCUT2D eigenvalue weighted by molar-refractivity contribution is 5.70. The molecule has 0 radical (unpaired) electrons. The van der Waals surface area contributed by atoms with E-state index in [1.807, 2.05) is 32.0 Å². The van der Waals surface area contributed by atoms with Crippen molar-refractivity contribution in [3.8, 4) is 23.2 Å². The number of aryl methyl sites for hydroxylation is 2. The monoisotopic (exact) mass is 268 g/mol. The summed E-state index contributed by atoms with van der Waals surface area (Å²) in [6.07, 6.45) is 0. The summed E-state index contributed by atoms with van der Waals surface area (Å²) >= 11 is 0. The van der Waals surface area contributed by atoms with E-state index < -0.39 is 0 Å². The topological polar surface area (TPSA) is 70.8 Å². The Balaban J connectivity index is 2.71. The van der Waals surface area contributed by atoms with Gasteiger partial charge in [-0.1, -0.05) is 6.07 Å². The third kappa shape index (κ3) is 2.54. The Morgan fingerprint density at radius 2 is 1.95 bits per heavy atom. The first kappa shape index (κ1) is 13.8. The molecule has 1 N–H and O–H groups in total. The summed E-state index contributed by atoms with van der Waals surface area (Å²) in [6, 6.07) is 7.63. The summed E-state index contributed by atoms with van der Waals surface area (Å²) in [5.74, 6) is 1.80. The smallest absolute Gasteiger partial charge is 0.166 e. The number of hydrogen-bond acceptors (Lipinski definition) is 5. The predicted molar refractivity (Wildman–Crippen MR) is 77.8 cm³/mol. The van der Waals surface area contributed by atoms with Crippen molar-refractivity contribution in [2.75, 3.05) is 19.5 Å². The molecule has 0 saturated carbocycles. The molecule has 0 aliphatic rings. The fourth-order valence-electron chi connectivity index (χ4n) is 2.12. The van der Waals surface area contributed by atoms with Gasteiger partial charge in [-0.2, -0.15) is 5.26 Å². The van der Waals surface area contributed by atoms with Crippen molar-refractivity contribution in [3.63, 3.8) is 0 Å². The second-order valence-electron chi connectivity index (χ2n) is 4.48. The van der Waals surface area contributed by atoms with E-state index in [9.17, 15) is 0 Å². The number of nitrogens with zero attached hydrogens (tertiary/aromatic N) is 3. The molecule has 0 unspecified atom stereocenters. The number of anilines is 1. The van der Waals surface area contributed by atoms with E-state index in [2.05, 4.69) is 15.3 Å². The Morgan fingerprint density at radius 1 is 1.20 bits per heavy atom. The number of nitriles is 1. The van der Waals surface area contributed by atoms with Gasteiger partial charge in [0.25, 0.3) is 0 Å². The minimum atomic E-state index is 0.321. The molecule has 5 nitrogen and oxygen atoms in total. The van der Waals surface area contributed by atoms with Crippen LogP contribution in [0.5, 0.6) is 5.75 Å². The minimum Gasteiger partial charge on any atom is -0.496 e. The molecule has 2 rings (SSSR count). The number of rotatable bonds is 3. The van der Waals surface area contributed by atoms with E-state index in [1.54, 1.807) is 20.2 Å². The summed E-state index contributed by atoms with van der Waals surface area (Å²) in [6.45, 7) is 3.98. The number of hydrogen-bond donors (Lipinski definition) is 1. The van der Waals surface area contributed by atoms with Gasteiger partial charge in [0, 0.05) is 13.1 Å². The lowest BCUT2D eigenvalue weighted by atomic mass is 10.0. The van der Waals surface area contributed by atoms with Crippen molar-refractivity contribution in [1.82, 2.24) is 9.97 Å². The maximum atomic E-state index is 9.07. The lowest BCUT2D eigenvalue weighted by molar-refractivity contribution is 0.415. The van der Waals surface area contributed by atoms with Gasteiger partial charge < -0.3 is 10.1 Å². The van der Waals surface area contributed by atoms with Crippen LogP contribution >= 0.6 is 0 Å². The van der Waals surface area contributed by atoms with Gasteiger partial charge in [0.05, 0.1) is 12.7 Å².